The highest BCUT2D eigenvalue weighted by Crippen LogP contribution is 2.20. The number of nitrogens with zero attached hydrogens (tertiary/aromatic N) is 5. The Morgan fingerprint density at radius 2 is 1.77 bits per heavy atom. The van der Waals surface area contributed by atoms with Crippen LogP contribution in [0.1, 0.15) is 0 Å². The fourth-order valence-corrected chi connectivity index (χ4v) is 3.26. The molecule has 0 aliphatic carbocycles. The molecule has 3 heterocycles. The van der Waals surface area contributed by atoms with Gasteiger partial charge >= 0.3 is 0 Å². The third-order valence-electron chi connectivity index (χ3n) is 4.96. The predicted octanol–water partition coefficient (Wildman–Crippen LogP) is 2.35. The lowest BCUT2D eigenvalue weighted by Gasteiger charge is -2.35. The van der Waals surface area contributed by atoms with Gasteiger partial charge < -0.3 is 24.6 Å². The topological polar surface area (TPSA) is 92.7 Å². The number of hydrogen-bond acceptors (Lipinski definition) is 8. The van der Waals surface area contributed by atoms with E-state index in [9.17, 15) is 4.79 Å². The van der Waals surface area contributed by atoms with E-state index in [0.717, 1.165) is 11.5 Å². The first kappa shape index (κ1) is 20.4. The number of anilines is 3. The molecule has 9 heteroatoms. The van der Waals surface area contributed by atoms with Gasteiger partial charge in [-0.25, -0.2) is 0 Å². The number of rotatable bonds is 7. The Morgan fingerprint density at radius 3 is 2.48 bits per heavy atom. The van der Waals surface area contributed by atoms with Crippen molar-refractivity contribution in [1.82, 2.24) is 20.1 Å². The van der Waals surface area contributed by atoms with Crippen LogP contribution in [0.4, 0.5) is 17.3 Å². The molecule has 0 bridgehead atoms. The normalized spacial score (nSPS) is 13.6. The van der Waals surface area contributed by atoms with Gasteiger partial charge in [0, 0.05) is 50.3 Å². The van der Waals surface area contributed by atoms with E-state index in [1.807, 2.05) is 41.3 Å². The molecule has 0 atom stereocenters. The number of carbonyl (C=O) groups is 1. The van der Waals surface area contributed by atoms with Crippen molar-refractivity contribution in [3.63, 3.8) is 0 Å². The maximum atomic E-state index is 12.5. The zero-order chi connectivity index (χ0) is 21.5. The smallest absolute Gasteiger partial charge is 0.260 e. The second-order valence-corrected chi connectivity index (χ2v) is 6.97. The van der Waals surface area contributed by atoms with Crippen molar-refractivity contribution < 1.29 is 14.3 Å². The summed E-state index contributed by atoms with van der Waals surface area (Å²) >= 11 is 0. The summed E-state index contributed by atoms with van der Waals surface area (Å²) in [6.07, 6.45) is 3.43. The van der Waals surface area contributed by atoms with Crippen molar-refractivity contribution >= 4 is 23.2 Å². The minimum Gasteiger partial charge on any atom is -0.497 e. The van der Waals surface area contributed by atoms with E-state index in [1.165, 1.54) is 0 Å². The fraction of sp³-hybridized carbons (Fsp3) is 0.273. The highest BCUT2D eigenvalue weighted by atomic mass is 16.5. The van der Waals surface area contributed by atoms with Gasteiger partial charge in [-0.1, -0.05) is 6.07 Å². The van der Waals surface area contributed by atoms with Gasteiger partial charge in [-0.2, -0.15) is 0 Å². The quantitative estimate of drug-likeness (QED) is 0.623. The highest BCUT2D eigenvalue weighted by Gasteiger charge is 2.22. The molecule has 160 valence electrons. The molecular weight excluding hydrogens is 396 g/mol. The molecule has 0 saturated carbocycles. The molecule has 0 unspecified atom stereocenters. The fourth-order valence-electron chi connectivity index (χ4n) is 3.26. The van der Waals surface area contributed by atoms with Gasteiger partial charge in [-0.05, 0) is 36.4 Å². The molecule has 1 aliphatic heterocycles. The van der Waals surface area contributed by atoms with E-state index < -0.39 is 0 Å². The average molecular weight is 420 g/mol. The van der Waals surface area contributed by atoms with E-state index in [2.05, 4.69) is 25.4 Å². The van der Waals surface area contributed by atoms with E-state index in [4.69, 9.17) is 9.47 Å². The Balaban J connectivity index is 1.25. The summed E-state index contributed by atoms with van der Waals surface area (Å²) in [6.45, 7) is 2.60. The predicted molar refractivity (Wildman–Crippen MR) is 117 cm³/mol. The van der Waals surface area contributed by atoms with E-state index in [1.54, 1.807) is 31.6 Å². The molecule has 1 saturated heterocycles. The third kappa shape index (κ3) is 5.39. The summed E-state index contributed by atoms with van der Waals surface area (Å²) in [5, 5.41) is 11.7. The average Bonchev–Trinajstić information content (AvgIpc) is 2.84. The largest absolute Gasteiger partial charge is 0.497 e. The number of carbonyl (C=O) groups excluding carboxylic acids is 1. The van der Waals surface area contributed by atoms with Gasteiger partial charge in [0.25, 0.3) is 5.91 Å². The van der Waals surface area contributed by atoms with Crippen molar-refractivity contribution in [1.29, 1.82) is 0 Å². The molecule has 0 radical (unpaired) electrons. The first-order valence-electron chi connectivity index (χ1n) is 10.0. The van der Waals surface area contributed by atoms with Gasteiger partial charge in [0.15, 0.2) is 18.2 Å². The molecule has 1 aromatic carbocycles. The Bertz CT molecular complexity index is 992. The molecule has 9 nitrogen and oxygen atoms in total. The number of hydrogen-bond donors (Lipinski definition) is 1. The Labute approximate surface area is 180 Å². The monoisotopic (exact) mass is 420 g/mol. The molecule has 1 fully saturated rings. The molecule has 31 heavy (non-hydrogen) atoms. The van der Waals surface area contributed by atoms with Crippen LogP contribution in [-0.2, 0) is 4.79 Å². The summed E-state index contributed by atoms with van der Waals surface area (Å²) in [6, 6.07) is 14.8. The van der Waals surface area contributed by atoms with Crippen LogP contribution in [0.2, 0.25) is 0 Å². The maximum Gasteiger partial charge on any atom is 0.260 e. The Hall–Kier alpha value is -3.88. The van der Waals surface area contributed by atoms with Crippen LogP contribution in [-0.4, -0.2) is 65.9 Å². The first-order valence-corrected chi connectivity index (χ1v) is 10.0. The second-order valence-electron chi connectivity index (χ2n) is 6.97. The van der Waals surface area contributed by atoms with Crippen molar-refractivity contribution in [3.8, 4) is 11.5 Å². The number of ether oxygens (including phenoxy) is 2. The number of aromatic nitrogens is 3. The first-order chi connectivity index (χ1) is 15.2. The van der Waals surface area contributed by atoms with Crippen LogP contribution < -0.4 is 19.7 Å². The summed E-state index contributed by atoms with van der Waals surface area (Å²) in [5.41, 5.74) is 0.903. The van der Waals surface area contributed by atoms with Crippen LogP contribution in [0.3, 0.4) is 0 Å². The number of piperazine rings is 1. The Morgan fingerprint density at radius 1 is 1.00 bits per heavy atom. The van der Waals surface area contributed by atoms with Gasteiger partial charge in [-0.15, -0.1) is 10.2 Å². The molecule has 4 rings (SSSR count). The van der Waals surface area contributed by atoms with Gasteiger partial charge in [0.2, 0.25) is 0 Å². The SMILES string of the molecule is COc1cccc(OCC(=O)N2CCN(c3ccc(Nc4ccncc4)nn3)CC2)c1. The van der Waals surface area contributed by atoms with Crippen LogP contribution in [0.5, 0.6) is 11.5 Å². The van der Waals surface area contributed by atoms with Crippen LogP contribution in [0.15, 0.2) is 60.9 Å². The van der Waals surface area contributed by atoms with Gasteiger partial charge in [-0.3, -0.25) is 9.78 Å². The molecular formula is C22H24N6O3. The van der Waals surface area contributed by atoms with Crippen molar-refractivity contribution in [2.45, 2.75) is 0 Å². The van der Waals surface area contributed by atoms with Crippen molar-refractivity contribution in [2.75, 3.05) is 50.1 Å². The summed E-state index contributed by atoms with van der Waals surface area (Å²) < 4.78 is 10.8. The standard InChI is InChI=1S/C22H24N6O3/c1-30-18-3-2-4-19(15-18)31-16-22(29)28-13-11-27(12-14-28)21-6-5-20(25-26-21)24-17-7-9-23-10-8-17/h2-10,15H,11-14,16H2,1H3,(H,23,24,25). The maximum absolute atomic E-state index is 12.5. The number of benzene rings is 1. The zero-order valence-electron chi connectivity index (χ0n) is 17.3. The lowest BCUT2D eigenvalue weighted by Crippen LogP contribution is -2.50. The highest BCUT2D eigenvalue weighted by molar-refractivity contribution is 5.78. The Kier molecular flexibility index (Phi) is 6.41. The molecule has 1 aliphatic rings. The molecule has 2 aromatic heterocycles. The van der Waals surface area contributed by atoms with E-state index >= 15 is 0 Å². The lowest BCUT2D eigenvalue weighted by molar-refractivity contribution is -0.133. The van der Waals surface area contributed by atoms with E-state index in [0.29, 0.717) is 43.5 Å². The lowest BCUT2D eigenvalue weighted by atomic mass is 10.3. The molecule has 1 amide bonds. The van der Waals surface area contributed by atoms with Crippen molar-refractivity contribution in [2.24, 2.45) is 0 Å². The van der Waals surface area contributed by atoms with Crippen molar-refractivity contribution in [3.05, 3.63) is 60.9 Å². The second kappa shape index (κ2) is 9.75. The van der Waals surface area contributed by atoms with E-state index in [-0.39, 0.29) is 12.5 Å². The number of nitrogens with one attached hydrogen (secondary N) is 1. The number of methoxy groups -OCH3 is 1. The number of pyridine rings is 1. The molecule has 1 N–H and O–H groups in total. The van der Waals surface area contributed by atoms with Crippen LogP contribution >= 0.6 is 0 Å². The van der Waals surface area contributed by atoms with Crippen LogP contribution in [0, 0.1) is 0 Å². The van der Waals surface area contributed by atoms with Gasteiger partial charge in [0.1, 0.15) is 11.5 Å². The molecule has 0 spiro atoms. The van der Waals surface area contributed by atoms with Crippen LogP contribution in [0.25, 0.3) is 0 Å². The summed E-state index contributed by atoms with van der Waals surface area (Å²) in [5.74, 6) is 2.73. The molecule has 3 aromatic rings. The third-order valence-corrected chi connectivity index (χ3v) is 4.96. The minimum absolute atomic E-state index is 0.00233. The minimum atomic E-state index is -0.0366. The number of amides is 1. The van der Waals surface area contributed by atoms with Gasteiger partial charge in [0.05, 0.1) is 7.11 Å². The zero-order valence-corrected chi connectivity index (χ0v) is 17.3. The summed E-state index contributed by atoms with van der Waals surface area (Å²) in [4.78, 5) is 20.4. The summed E-state index contributed by atoms with van der Waals surface area (Å²) in [7, 11) is 1.60.